The predicted octanol–water partition coefficient (Wildman–Crippen LogP) is 0.703. The number of nitrogens with two attached hydrogens (primary N) is 1. The van der Waals surface area contributed by atoms with E-state index in [9.17, 15) is 4.79 Å². The van der Waals surface area contributed by atoms with Crippen molar-refractivity contribution < 1.29 is 14.7 Å². The first-order chi connectivity index (χ1) is 8.56. The number of hydrogen-bond donors (Lipinski definition) is 3. The number of hydrogen-bond acceptors (Lipinski definition) is 4. The minimum absolute atomic E-state index is 0.188. The Morgan fingerprint density at radius 3 is 3.17 bits per heavy atom. The molecular formula is C11H14N4O3. The van der Waals surface area contributed by atoms with E-state index in [0.717, 1.165) is 10.9 Å². The van der Waals surface area contributed by atoms with Crippen LogP contribution in [0, 0.1) is 0 Å². The molecule has 0 aliphatic rings. The lowest BCUT2D eigenvalue weighted by Gasteiger charge is -2.12. The van der Waals surface area contributed by atoms with Crippen LogP contribution >= 0.6 is 0 Å². The molecule has 1 amide bonds. The van der Waals surface area contributed by atoms with Crippen LogP contribution in [0.15, 0.2) is 24.4 Å². The summed E-state index contributed by atoms with van der Waals surface area (Å²) in [6.45, 7) is 1.89. The van der Waals surface area contributed by atoms with Crippen molar-refractivity contribution in [1.82, 2.24) is 15.3 Å². The largest absolute Gasteiger partial charge is 0.465 e. The van der Waals surface area contributed by atoms with Gasteiger partial charge in [-0.2, -0.15) is 0 Å². The maximum Gasteiger partial charge on any atom is 0.404 e. The maximum atomic E-state index is 10.4. The molecule has 0 bridgehead atoms. The van der Waals surface area contributed by atoms with Gasteiger partial charge in [0.1, 0.15) is 12.1 Å². The van der Waals surface area contributed by atoms with Gasteiger partial charge in [0.2, 0.25) is 0 Å². The van der Waals surface area contributed by atoms with Crippen molar-refractivity contribution in [2.24, 2.45) is 0 Å². The van der Waals surface area contributed by atoms with E-state index in [1.54, 1.807) is 31.3 Å². The lowest BCUT2D eigenvalue weighted by atomic mass is 10.2. The lowest BCUT2D eigenvalue weighted by molar-refractivity contribution is 0.0768. The van der Waals surface area contributed by atoms with Crippen LogP contribution in [0.5, 0.6) is 0 Å². The average molecular weight is 250 g/mol. The van der Waals surface area contributed by atoms with Crippen LogP contribution in [0.2, 0.25) is 0 Å². The van der Waals surface area contributed by atoms with Crippen molar-refractivity contribution in [2.75, 3.05) is 12.3 Å². The number of rotatable bonds is 4. The van der Waals surface area contributed by atoms with E-state index in [2.05, 4.69) is 10.4 Å². The summed E-state index contributed by atoms with van der Waals surface area (Å²) >= 11 is 0. The van der Waals surface area contributed by atoms with Crippen LogP contribution in [-0.2, 0) is 0 Å². The van der Waals surface area contributed by atoms with E-state index in [-0.39, 0.29) is 12.6 Å². The first-order valence-corrected chi connectivity index (χ1v) is 5.42. The van der Waals surface area contributed by atoms with Crippen molar-refractivity contribution >= 4 is 22.7 Å². The van der Waals surface area contributed by atoms with Crippen LogP contribution in [0.1, 0.15) is 6.92 Å². The summed E-state index contributed by atoms with van der Waals surface area (Å²) in [5, 5.41) is 15.8. The third kappa shape index (κ3) is 2.62. The maximum absolute atomic E-state index is 10.4. The van der Waals surface area contributed by atoms with Crippen molar-refractivity contribution in [3.05, 3.63) is 24.4 Å². The molecule has 1 aromatic carbocycles. The zero-order chi connectivity index (χ0) is 13.1. The van der Waals surface area contributed by atoms with Crippen LogP contribution in [0.4, 0.5) is 10.5 Å². The van der Waals surface area contributed by atoms with E-state index in [1.807, 2.05) is 0 Å². The number of benzene rings is 1. The Labute approximate surface area is 103 Å². The van der Waals surface area contributed by atoms with Gasteiger partial charge in [0.25, 0.3) is 0 Å². The number of anilines is 1. The number of carboxylic acid groups (broad SMARTS) is 1. The minimum Gasteiger partial charge on any atom is -0.465 e. The van der Waals surface area contributed by atoms with Crippen molar-refractivity contribution in [1.29, 1.82) is 0 Å². The number of fused-ring (bicyclic) bond motifs is 1. The Morgan fingerprint density at radius 1 is 1.67 bits per heavy atom. The number of carbonyl (C=O) groups is 1. The van der Waals surface area contributed by atoms with Crippen LogP contribution in [-0.4, -0.2) is 33.8 Å². The molecule has 7 nitrogen and oxygen atoms in total. The zero-order valence-corrected chi connectivity index (χ0v) is 9.83. The Kier molecular flexibility index (Phi) is 3.22. The molecule has 0 fully saturated rings. The molecule has 0 unspecified atom stereocenters. The van der Waals surface area contributed by atoms with E-state index in [0.29, 0.717) is 5.69 Å². The molecule has 96 valence electrons. The van der Waals surface area contributed by atoms with E-state index in [4.69, 9.17) is 15.7 Å². The highest BCUT2D eigenvalue weighted by Crippen LogP contribution is 2.15. The normalized spacial score (nSPS) is 12.3. The number of nitrogens with zero attached hydrogens (tertiary/aromatic N) is 2. The monoisotopic (exact) mass is 250 g/mol. The summed E-state index contributed by atoms with van der Waals surface area (Å²) < 4.78 is 0. The Balaban J connectivity index is 2.06. The summed E-state index contributed by atoms with van der Waals surface area (Å²) in [6, 6.07) is 5.02. The highest BCUT2D eigenvalue weighted by Gasteiger charge is 2.08. The molecular weight excluding hydrogens is 236 g/mol. The summed E-state index contributed by atoms with van der Waals surface area (Å²) in [7, 11) is 0. The predicted molar refractivity (Wildman–Crippen MR) is 66.2 cm³/mol. The highest BCUT2D eigenvalue weighted by atomic mass is 16.7. The second-order valence-electron chi connectivity index (χ2n) is 3.98. The van der Waals surface area contributed by atoms with Gasteiger partial charge in [-0.1, -0.05) is 4.85 Å². The fourth-order valence-corrected chi connectivity index (χ4v) is 1.57. The molecule has 18 heavy (non-hydrogen) atoms. The van der Waals surface area contributed by atoms with Crippen LogP contribution < -0.4 is 15.9 Å². The molecule has 0 radical (unpaired) electrons. The van der Waals surface area contributed by atoms with Crippen LogP contribution in [0.3, 0.4) is 0 Å². The van der Waals surface area contributed by atoms with Gasteiger partial charge in [0.15, 0.2) is 0 Å². The molecule has 4 N–H and O–H groups in total. The zero-order valence-electron chi connectivity index (χ0n) is 9.83. The molecule has 0 aliphatic carbocycles. The number of amides is 1. The topological polar surface area (TPSA) is 102 Å². The lowest BCUT2D eigenvalue weighted by Crippen LogP contribution is -2.37. The SMILES string of the molecule is C[C@H](COn1ncc2cc(N)ccc21)NC(=O)O. The third-order valence-electron chi connectivity index (χ3n) is 2.38. The van der Waals surface area contributed by atoms with Gasteiger partial charge in [-0.25, -0.2) is 4.79 Å². The smallest absolute Gasteiger partial charge is 0.404 e. The third-order valence-corrected chi connectivity index (χ3v) is 2.38. The quantitative estimate of drug-likeness (QED) is 0.693. The van der Waals surface area contributed by atoms with Gasteiger partial charge in [-0.3, -0.25) is 0 Å². The standard InChI is InChI=1S/C11H14N4O3/c1-7(14-11(16)17)6-18-15-10-3-2-9(12)4-8(10)5-13-15/h2-5,7,14H,6,12H2,1H3,(H,16,17)/t7-/m1/s1. The molecule has 1 aromatic heterocycles. The Morgan fingerprint density at radius 2 is 2.44 bits per heavy atom. The summed E-state index contributed by atoms with van der Waals surface area (Å²) in [5.74, 6) is 0. The molecule has 2 rings (SSSR count). The fourth-order valence-electron chi connectivity index (χ4n) is 1.57. The molecule has 1 heterocycles. The van der Waals surface area contributed by atoms with E-state index >= 15 is 0 Å². The van der Waals surface area contributed by atoms with Gasteiger partial charge in [-0.05, 0) is 25.1 Å². The molecule has 7 heteroatoms. The Hall–Kier alpha value is -2.44. The molecule has 0 saturated heterocycles. The number of aromatic nitrogens is 2. The molecule has 0 spiro atoms. The van der Waals surface area contributed by atoms with E-state index in [1.165, 1.54) is 4.85 Å². The van der Waals surface area contributed by atoms with Crippen molar-refractivity contribution in [3.63, 3.8) is 0 Å². The van der Waals surface area contributed by atoms with Gasteiger partial charge < -0.3 is 21.0 Å². The fraction of sp³-hybridized carbons (Fsp3) is 0.273. The second-order valence-corrected chi connectivity index (χ2v) is 3.98. The number of nitrogen functional groups attached to an aromatic ring is 1. The van der Waals surface area contributed by atoms with Crippen LogP contribution in [0.25, 0.3) is 10.9 Å². The molecule has 2 aromatic rings. The molecule has 0 aliphatic heterocycles. The summed E-state index contributed by atoms with van der Waals surface area (Å²) in [5.41, 5.74) is 7.10. The average Bonchev–Trinajstić information content (AvgIpc) is 2.67. The van der Waals surface area contributed by atoms with Crippen molar-refractivity contribution in [2.45, 2.75) is 13.0 Å². The summed E-state index contributed by atoms with van der Waals surface area (Å²) in [4.78, 5) is 17.2. The van der Waals surface area contributed by atoms with Gasteiger partial charge >= 0.3 is 6.09 Å². The molecule has 1 atom stereocenters. The van der Waals surface area contributed by atoms with Gasteiger partial charge in [0, 0.05) is 11.1 Å². The van der Waals surface area contributed by atoms with Gasteiger partial charge in [-0.15, -0.1) is 5.10 Å². The van der Waals surface area contributed by atoms with E-state index < -0.39 is 6.09 Å². The first-order valence-electron chi connectivity index (χ1n) is 5.42. The summed E-state index contributed by atoms with van der Waals surface area (Å²) in [6.07, 6.45) is 0.560. The first kappa shape index (κ1) is 12.0. The highest BCUT2D eigenvalue weighted by molar-refractivity contribution is 5.81. The molecule has 0 saturated carbocycles. The Bertz CT molecular complexity index is 566. The minimum atomic E-state index is -1.08. The van der Waals surface area contributed by atoms with Gasteiger partial charge in [0.05, 0.1) is 12.2 Å². The number of nitrogens with one attached hydrogen (secondary N) is 1. The van der Waals surface area contributed by atoms with Crippen molar-refractivity contribution in [3.8, 4) is 0 Å². The second kappa shape index (κ2) is 4.82.